The Kier molecular flexibility index (Phi) is 2.41. The number of hydrogen-bond donors (Lipinski definition) is 1. The number of ketones is 1. The van der Waals surface area contributed by atoms with Crippen LogP contribution in [0.5, 0.6) is 0 Å². The Labute approximate surface area is 90.1 Å². The van der Waals surface area contributed by atoms with Gasteiger partial charge in [0.15, 0.2) is 11.5 Å². The maximum atomic E-state index is 12.0. The highest BCUT2D eigenvalue weighted by Gasteiger charge is 2.57. The Balaban J connectivity index is 1.98. The Morgan fingerprint density at radius 1 is 1.67 bits per heavy atom. The number of methoxy groups -OCH3 is 1. The zero-order valence-corrected chi connectivity index (χ0v) is 9.58. The molecular weight excluding hydrogens is 194 g/mol. The number of fused-ring (bicyclic) bond motifs is 1. The van der Waals surface area contributed by atoms with Crippen LogP contribution in [0.15, 0.2) is 0 Å². The van der Waals surface area contributed by atoms with Crippen LogP contribution >= 0.6 is 0 Å². The molecule has 86 valence electrons. The van der Waals surface area contributed by atoms with Crippen LogP contribution in [-0.2, 0) is 14.3 Å². The first kappa shape index (κ1) is 11.0. The summed E-state index contributed by atoms with van der Waals surface area (Å²) in [6.07, 6.45) is 2.87. The summed E-state index contributed by atoms with van der Waals surface area (Å²) in [6.45, 7) is 3.73. The Bertz CT molecular complexity index is 290. The summed E-state index contributed by atoms with van der Waals surface area (Å²) in [5.74, 6) is 0.00285. The van der Waals surface area contributed by atoms with Gasteiger partial charge in [0.2, 0.25) is 0 Å². The van der Waals surface area contributed by atoms with E-state index < -0.39 is 5.72 Å². The normalized spacial score (nSPS) is 42.9. The number of Topliss-reactive ketones (excluding diaryl/α,β-unsaturated/α-hetero) is 1. The Morgan fingerprint density at radius 2 is 2.33 bits per heavy atom. The van der Waals surface area contributed by atoms with Gasteiger partial charge < -0.3 is 9.47 Å². The second-order valence-corrected chi connectivity index (χ2v) is 5.07. The summed E-state index contributed by atoms with van der Waals surface area (Å²) in [5, 5.41) is 0. The van der Waals surface area contributed by atoms with Crippen LogP contribution in [0.3, 0.4) is 0 Å². The standard InChI is InChI=1S/C11H19NO3/c1-10-5-4-7(6-8(10)15-10)9(13)11(2,12)14-3/h7-8H,4-6,12H2,1-3H3/t7?,8?,10?,11-/m1/s1. The van der Waals surface area contributed by atoms with Crippen molar-refractivity contribution < 1.29 is 14.3 Å². The zero-order chi connectivity index (χ0) is 11.3. The average molecular weight is 213 g/mol. The van der Waals surface area contributed by atoms with Crippen molar-refractivity contribution in [3.05, 3.63) is 0 Å². The molecule has 0 aromatic carbocycles. The molecule has 2 N–H and O–H groups in total. The van der Waals surface area contributed by atoms with Gasteiger partial charge in [0, 0.05) is 13.0 Å². The molecule has 0 radical (unpaired) electrons. The summed E-state index contributed by atoms with van der Waals surface area (Å²) >= 11 is 0. The zero-order valence-electron chi connectivity index (χ0n) is 9.58. The van der Waals surface area contributed by atoms with Gasteiger partial charge in [-0.05, 0) is 33.1 Å². The highest BCUT2D eigenvalue weighted by molar-refractivity contribution is 5.88. The fourth-order valence-electron chi connectivity index (χ4n) is 2.39. The summed E-state index contributed by atoms with van der Waals surface area (Å²) in [7, 11) is 1.47. The minimum absolute atomic E-state index is 0.000486. The topological polar surface area (TPSA) is 64.8 Å². The van der Waals surface area contributed by atoms with Crippen LogP contribution in [0.25, 0.3) is 0 Å². The number of hydrogen-bond acceptors (Lipinski definition) is 4. The van der Waals surface area contributed by atoms with E-state index in [1.165, 1.54) is 7.11 Å². The number of carbonyl (C=O) groups excluding carboxylic acids is 1. The molecule has 3 unspecified atom stereocenters. The van der Waals surface area contributed by atoms with E-state index in [4.69, 9.17) is 15.2 Å². The van der Waals surface area contributed by atoms with Crippen molar-refractivity contribution in [1.82, 2.24) is 0 Å². The summed E-state index contributed by atoms with van der Waals surface area (Å²) in [5.41, 5.74) is 4.67. The lowest BCUT2D eigenvalue weighted by Gasteiger charge is -2.29. The Morgan fingerprint density at radius 3 is 2.87 bits per heavy atom. The molecule has 1 heterocycles. The monoisotopic (exact) mass is 213 g/mol. The van der Waals surface area contributed by atoms with Gasteiger partial charge in [0.1, 0.15) is 0 Å². The van der Waals surface area contributed by atoms with Crippen molar-refractivity contribution in [1.29, 1.82) is 0 Å². The van der Waals surface area contributed by atoms with Crippen molar-refractivity contribution >= 4 is 5.78 Å². The van der Waals surface area contributed by atoms with E-state index in [2.05, 4.69) is 6.92 Å². The number of epoxide rings is 1. The first-order valence-corrected chi connectivity index (χ1v) is 5.45. The second kappa shape index (κ2) is 3.27. The summed E-state index contributed by atoms with van der Waals surface area (Å²) in [6, 6.07) is 0. The van der Waals surface area contributed by atoms with Crippen LogP contribution in [0, 0.1) is 5.92 Å². The van der Waals surface area contributed by atoms with Crippen LogP contribution in [0.4, 0.5) is 0 Å². The van der Waals surface area contributed by atoms with Gasteiger partial charge >= 0.3 is 0 Å². The lowest BCUT2D eigenvalue weighted by molar-refractivity contribution is -0.143. The maximum Gasteiger partial charge on any atom is 0.182 e. The fourth-order valence-corrected chi connectivity index (χ4v) is 2.39. The van der Waals surface area contributed by atoms with Crippen LogP contribution in [-0.4, -0.2) is 30.3 Å². The first-order valence-electron chi connectivity index (χ1n) is 5.45. The highest BCUT2D eigenvalue weighted by atomic mass is 16.6. The van der Waals surface area contributed by atoms with E-state index in [0.29, 0.717) is 0 Å². The summed E-state index contributed by atoms with van der Waals surface area (Å²) < 4.78 is 10.6. The molecule has 2 fully saturated rings. The van der Waals surface area contributed by atoms with Crippen molar-refractivity contribution in [2.45, 2.75) is 50.5 Å². The third-order valence-corrected chi connectivity index (χ3v) is 3.81. The van der Waals surface area contributed by atoms with Gasteiger partial charge in [0.25, 0.3) is 0 Å². The summed E-state index contributed by atoms with van der Waals surface area (Å²) in [4.78, 5) is 12.0. The van der Waals surface area contributed by atoms with E-state index in [0.717, 1.165) is 19.3 Å². The highest BCUT2D eigenvalue weighted by Crippen LogP contribution is 2.49. The third-order valence-electron chi connectivity index (χ3n) is 3.81. The SMILES string of the molecule is CO[C@@](C)(N)C(=O)C1CCC2(C)OC2C1. The molecule has 4 heteroatoms. The van der Waals surface area contributed by atoms with Crippen LogP contribution in [0.2, 0.25) is 0 Å². The molecule has 2 aliphatic rings. The molecule has 4 atom stereocenters. The van der Waals surface area contributed by atoms with E-state index in [-0.39, 0.29) is 23.4 Å². The molecule has 4 nitrogen and oxygen atoms in total. The molecule has 0 amide bonds. The number of nitrogens with two attached hydrogens (primary N) is 1. The minimum atomic E-state index is -1.15. The molecular formula is C11H19NO3. The Hall–Kier alpha value is -0.450. The van der Waals surface area contributed by atoms with Crippen LogP contribution < -0.4 is 5.73 Å². The van der Waals surface area contributed by atoms with Crippen molar-refractivity contribution in [2.24, 2.45) is 11.7 Å². The van der Waals surface area contributed by atoms with E-state index in [1.54, 1.807) is 6.92 Å². The van der Waals surface area contributed by atoms with E-state index in [9.17, 15) is 4.79 Å². The molecule has 1 saturated heterocycles. The number of rotatable bonds is 3. The molecule has 1 aliphatic carbocycles. The molecule has 15 heavy (non-hydrogen) atoms. The van der Waals surface area contributed by atoms with E-state index >= 15 is 0 Å². The van der Waals surface area contributed by atoms with Crippen molar-refractivity contribution in [3.63, 3.8) is 0 Å². The first-order chi connectivity index (χ1) is 6.89. The van der Waals surface area contributed by atoms with Gasteiger partial charge in [-0.1, -0.05) is 0 Å². The van der Waals surface area contributed by atoms with Crippen molar-refractivity contribution in [2.75, 3.05) is 7.11 Å². The predicted molar refractivity (Wildman–Crippen MR) is 55.2 cm³/mol. The lowest BCUT2D eigenvalue weighted by atomic mass is 9.79. The molecule has 0 aromatic heterocycles. The molecule has 1 aliphatic heterocycles. The van der Waals surface area contributed by atoms with Crippen LogP contribution in [0.1, 0.15) is 33.1 Å². The quantitative estimate of drug-likeness (QED) is 0.557. The van der Waals surface area contributed by atoms with Gasteiger partial charge in [-0.25, -0.2) is 0 Å². The smallest absolute Gasteiger partial charge is 0.182 e. The third kappa shape index (κ3) is 1.82. The second-order valence-electron chi connectivity index (χ2n) is 5.07. The molecule has 1 saturated carbocycles. The van der Waals surface area contributed by atoms with Gasteiger partial charge in [-0.15, -0.1) is 0 Å². The van der Waals surface area contributed by atoms with Gasteiger partial charge in [-0.2, -0.15) is 0 Å². The molecule has 0 spiro atoms. The fraction of sp³-hybridized carbons (Fsp3) is 0.909. The van der Waals surface area contributed by atoms with Gasteiger partial charge in [0.05, 0.1) is 11.7 Å². The molecule has 0 aromatic rings. The number of ether oxygens (including phenoxy) is 2. The molecule has 2 rings (SSSR count). The lowest BCUT2D eigenvalue weighted by Crippen LogP contribution is -2.50. The number of carbonyl (C=O) groups is 1. The minimum Gasteiger partial charge on any atom is -0.366 e. The average Bonchev–Trinajstić information content (AvgIpc) is 2.87. The van der Waals surface area contributed by atoms with E-state index in [1.807, 2.05) is 0 Å². The molecule has 0 bridgehead atoms. The van der Waals surface area contributed by atoms with Crippen molar-refractivity contribution in [3.8, 4) is 0 Å². The predicted octanol–water partition coefficient (Wildman–Crippen LogP) is 0.834. The largest absolute Gasteiger partial charge is 0.366 e. The van der Waals surface area contributed by atoms with Gasteiger partial charge in [-0.3, -0.25) is 10.5 Å². The maximum absolute atomic E-state index is 12.0.